The largest absolute Gasteiger partial charge is 0.326 e. The molecule has 0 spiro atoms. The first-order valence-corrected chi connectivity index (χ1v) is 2.65. The van der Waals surface area contributed by atoms with Crippen molar-refractivity contribution < 1.29 is 4.79 Å². The van der Waals surface area contributed by atoms with Crippen molar-refractivity contribution in [3.05, 3.63) is 0 Å². The molecular formula is C2H5N3OS. The van der Waals surface area contributed by atoms with Gasteiger partial charge >= 0.3 is 6.03 Å². The first-order valence-electron chi connectivity index (χ1n) is 1.77. The Morgan fingerprint density at radius 2 is 2.57 bits per heavy atom. The number of urea groups is 1. The zero-order valence-corrected chi connectivity index (χ0v) is 4.29. The van der Waals surface area contributed by atoms with Crippen molar-refractivity contribution in [3.8, 4) is 0 Å². The summed E-state index contributed by atoms with van der Waals surface area (Å²) in [5.41, 5.74) is 4.92. The average molecular weight is 119 g/mol. The third-order valence-electron chi connectivity index (χ3n) is 0.552. The van der Waals surface area contributed by atoms with Crippen molar-refractivity contribution in [2.75, 3.05) is 0 Å². The molecule has 0 aromatic carbocycles. The van der Waals surface area contributed by atoms with Gasteiger partial charge in [-0.3, -0.25) is 4.72 Å². The van der Waals surface area contributed by atoms with Gasteiger partial charge in [0.2, 0.25) is 0 Å². The van der Waals surface area contributed by atoms with Gasteiger partial charge in [0, 0.05) is 0 Å². The molecule has 1 saturated heterocycles. The maximum absolute atomic E-state index is 10.1. The van der Waals surface area contributed by atoms with Gasteiger partial charge < -0.3 is 11.1 Å². The highest BCUT2D eigenvalue weighted by Crippen LogP contribution is 2.01. The molecule has 4 N–H and O–H groups in total. The van der Waals surface area contributed by atoms with E-state index in [-0.39, 0.29) is 11.5 Å². The molecule has 0 bridgehead atoms. The monoisotopic (exact) mass is 119 g/mol. The van der Waals surface area contributed by atoms with E-state index >= 15 is 0 Å². The van der Waals surface area contributed by atoms with Crippen LogP contribution in [0.15, 0.2) is 0 Å². The zero-order chi connectivity index (χ0) is 5.28. The molecule has 40 valence electrons. The van der Waals surface area contributed by atoms with E-state index in [0.29, 0.717) is 0 Å². The van der Waals surface area contributed by atoms with Crippen LogP contribution in [0, 0.1) is 0 Å². The molecule has 0 aliphatic carbocycles. The predicted molar refractivity (Wildman–Crippen MR) is 27.2 cm³/mol. The Kier molecular flexibility index (Phi) is 1.07. The fourth-order valence-electron chi connectivity index (χ4n) is 0.305. The number of carbonyl (C=O) groups excluding carboxylic acids is 1. The number of nitrogens with one attached hydrogen (secondary N) is 2. The summed E-state index contributed by atoms with van der Waals surface area (Å²) in [6, 6.07) is -0.211. The van der Waals surface area contributed by atoms with Crippen LogP contribution in [-0.4, -0.2) is 11.5 Å². The second-order valence-corrected chi connectivity index (χ2v) is 2.06. The highest BCUT2D eigenvalue weighted by atomic mass is 32.2. The van der Waals surface area contributed by atoms with E-state index in [1.165, 1.54) is 11.9 Å². The number of carbonyl (C=O) groups is 1. The summed E-state index contributed by atoms with van der Waals surface area (Å²) < 4.78 is 2.41. The Bertz CT molecular complexity index is 94.9. The smallest absolute Gasteiger partial charge is 0.312 e. The van der Waals surface area contributed by atoms with Gasteiger partial charge in [-0.2, -0.15) is 0 Å². The van der Waals surface area contributed by atoms with Gasteiger partial charge in [0.05, 0.1) is 0 Å². The summed E-state index contributed by atoms with van der Waals surface area (Å²) in [7, 11) is 0. The van der Waals surface area contributed by atoms with Crippen LogP contribution in [0.4, 0.5) is 4.79 Å². The van der Waals surface area contributed by atoms with Crippen molar-refractivity contribution in [1.82, 2.24) is 10.0 Å². The van der Waals surface area contributed by atoms with Crippen molar-refractivity contribution in [2.45, 2.75) is 5.50 Å². The van der Waals surface area contributed by atoms with Crippen LogP contribution in [-0.2, 0) is 0 Å². The van der Waals surface area contributed by atoms with E-state index in [1.54, 1.807) is 0 Å². The first kappa shape index (κ1) is 4.73. The number of amides is 2. The molecule has 7 heavy (non-hydrogen) atoms. The molecule has 2 amide bonds. The molecule has 4 nitrogen and oxygen atoms in total. The molecule has 1 heterocycles. The average Bonchev–Trinajstić information content (AvgIpc) is 1.87. The second kappa shape index (κ2) is 1.59. The normalized spacial score (nSPS) is 29.3. The molecule has 0 aromatic heterocycles. The molecule has 5 heteroatoms. The molecular weight excluding hydrogens is 114 g/mol. The zero-order valence-electron chi connectivity index (χ0n) is 3.47. The fourth-order valence-corrected chi connectivity index (χ4v) is 0.764. The van der Waals surface area contributed by atoms with Crippen LogP contribution in [0.1, 0.15) is 0 Å². The Balaban J connectivity index is 2.40. The number of rotatable bonds is 0. The lowest BCUT2D eigenvalue weighted by Gasteiger charge is -1.92. The third-order valence-corrected chi connectivity index (χ3v) is 1.23. The van der Waals surface area contributed by atoms with Gasteiger partial charge in [-0.15, -0.1) is 0 Å². The molecule has 1 atom stereocenters. The maximum Gasteiger partial charge on any atom is 0.326 e. The van der Waals surface area contributed by atoms with Gasteiger partial charge in [-0.25, -0.2) is 4.79 Å². The van der Waals surface area contributed by atoms with Crippen LogP contribution < -0.4 is 15.8 Å². The third kappa shape index (κ3) is 0.971. The van der Waals surface area contributed by atoms with Crippen molar-refractivity contribution in [3.63, 3.8) is 0 Å². The van der Waals surface area contributed by atoms with Crippen molar-refractivity contribution in [2.24, 2.45) is 5.73 Å². The molecule has 1 fully saturated rings. The van der Waals surface area contributed by atoms with Crippen LogP contribution >= 0.6 is 11.9 Å². The molecule has 1 aliphatic rings. The summed E-state index contributed by atoms with van der Waals surface area (Å²) in [6.07, 6.45) is 0. The summed E-state index contributed by atoms with van der Waals surface area (Å²) in [5, 5.41) is 2.41. The highest BCUT2D eigenvalue weighted by molar-refractivity contribution is 7.98. The molecule has 1 unspecified atom stereocenters. The lowest BCUT2D eigenvalue weighted by molar-refractivity contribution is 0.248. The Morgan fingerprint density at radius 3 is 2.71 bits per heavy atom. The Labute approximate surface area is 45.0 Å². The number of hydrogen-bond donors (Lipinski definition) is 3. The molecule has 0 saturated carbocycles. The molecule has 0 aromatic rings. The van der Waals surface area contributed by atoms with Crippen LogP contribution in [0.5, 0.6) is 0 Å². The summed E-state index contributed by atoms with van der Waals surface area (Å²) in [6.45, 7) is 0. The van der Waals surface area contributed by atoms with Gasteiger partial charge in [0.15, 0.2) is 0 Å². The van der Waals surface area contributed by atoms with Gasteiger partial charge in [-0.1, -0.05) is 0 Å². The summed E-state index contributed by atoms with van der Waals surface area (Å²) in [4.78, 5) is 10.1. The molecule has 0 radical (unpaired) electrons. The Morgan fingerprint density at radius 1 is 1.86 bits per heavy atom. The number of hydrogen-bond acceptors (Lipinski definition) is 3. The molecule has 1 aliphatic heterocycles. The fraction of sp³-hybridized carbons (Fsp3) is 0.500. The van der Waals surface area contributed by atoms with Crippen molar-refractivity contribution >= 4 is 18.0 Å². The van der Waals surface area contributed by atoms with E-state index in [0.717, 1.165) is 0 Å². The van der Waals surface area contributed by atoms with Crippen LogP contribution in [0.25, 0.3) is 0 Å². The van der Waals surface area contributed by atoms with Crippen LogP contribution in [0.3, 0.4) is 0 Å². The van der Waals surface area contributed by atoms with E-state index in [2.05, 4.69) is 10.0 Å². The lowest BCUT2D eigenvalue weighted by Crippen LogP contribution is -2.31. The first-order chi connectivity index (χ1) is 3.29. The van der Waals surface area contributed by atoms with E-state index in [4.69, 9.17) is 5.73 Å². The highest BCUT2D eigenvalue weighted by Gasteiger charge is 2.15. The van der Waals surface area contributed by atoms with E-state index < -0.39 is 0 Å². The van der Waals surface area contributed by atoms with Crippen LogP contribution in [0.2, 0.25) is 0 Å². The Hall–Kier alpha value is -0.420. The van der Waals surface area contributed by atoms with Gasteiger partial charge in [0.25, 0.3) is 0 Å². The van der Waals surface area contributed by atoms with Gasteiger partial charge in [-0.05, 0) is 11.9 Å². The van der Waals surface area contributed by atoms with Gasteiger partial charge in [0.1, 0.15) is 5.50 Å². The minimum absolute atomic E-state index is 0.211. The maximum atomic E-state index is 10.1. The topological polar surface area (TPSA) is 67.1 Å². The standard InChI is InChI=1S/C2H5N3OS/c3-1-4-2(6)5-7-1/h1H,3H2,(H2,4,5,6). The second-order valence-electron chi connectivity index (χ2n) is 1.11. The summed E-state index contributed by atoms with van der Waals surface area (Å²) >= 11 is 1.17. The number of nitrogens with two attached hydrogens (primary N) is 1. The van der Waals surface area contributed by atoms with E-state index in [1.807, 2.05) is 0 Å². The van der Waals surface area contributed by atoms with Crippen molar-refractivity contribution in [1.29, 1.82) is 0 Å². The summed E-state index contributed by atoms with van der Waals surface area (Å²) in [5.74, 6) is 0. The minimum Gasteiger partial charge on any atom is -0.312 e. The minimum atomic E-state index is -0.271. The lowest BCUT2D eigenvalue weighted by atomic mass is 11.0. The predicted octanol–water partition coefficient (Wildman–Crippen LogP) is -0.810. The quantitative estimate of drug-likeness (QED) is 0.365. The van der Waals surface area contributed by atoms with E-state index in [9.17, 15) is 4.79 Å². The molecule has 1 rings (SSSR count). The SMILES string of the molecule is NC1NC(=O)NS1.